The van der Waals surface area contributed by atoms with Crippen LogP contribution in [0.3, 0.4) is 0 Å². The second kappa shape index (κ2) is 6.75. The van der Waals surface area contributed by atoms with Crippen LogP contribution in [0.4, 0.5) is 5.69 Å². The molecular weight excluding hydrogens is 326 g/mol. The van der Waals surface area contributed by atoms with Crippen molar-refractivity contribution < 1.29 is 9.21 Å². The van der Waals surface area contributed by atoms with Crippen molar-refractivity contribution in [1.82, 2.24) is 9.97 Å². The first-order chi connectivity index (χ1) is 12.6. The van der Waals surface area contributed by atoms with Gasteiger partial charge in [0.1, 0.15) is 5.76 Å². The summed E-state index contributed by atoms with van der Waals surface area (Å²) in [4.78, 5) is 20.9. The fraction of sp³-hybridized carbons (Fsp3) is 0.286. The highest BCUT2D eigenvalue weighted by molar-refractivity contribution is 5.95. The Kier molecular flexibility index (Phi) is 4.29. The first kappa shape index (κ1) is 16.5. The van der Waals surface area contributed by atoms with E-state index in [0.717, 1.165) is 29.0 Å². The Morgan fingerprint density at radius 2 is 2.00 bits per heavy atom. The van der Waals surface area contributed by atoms with Crippen molar-refractivity contribution in [3.8, 4) is 11.5 Å². The first-order valence-electron chi connectivity index (χ1n) is 8.89. The SMILES string of the molecule is CC(C)c1cnc(-c2ccc(NC(=O)[C@@H]3C[C@H]3c3cccnc3)cc2)o1. The number of benzene rings is 1. The zero-order valence-electron chi connectivity index (χ0n) is 14.8. The number of hydrogen-bond acceptors (Lipinski definition) is 4. The molecule has 0 aliphatic heterocycles. The molecule has 0 spiro atoms. The Hall–Kier alpha value is -2.95. The smallest absolute Gasteiger partial charge is 0.228 e. The van der Waals surface area contributed by atoms with Crippen molar-refractivity contribution in [2.45, 2.75) is 32.1 Å². The van der Waals surface area contributed by atoms with Crippen LogP contribution in [0.15, 0.2) is 59.4 Å². The Labute approximate surface area is 152 Å². The lowest BCUT2D eigenvalue weighted by Crippen LogP contribution is -2.14. The summed E-state index contributed by atoms with van der Waals surface area (Å²) in [6, 6.07) is 11.5. The molecule has 0 saturated heterocycles. The summed E-state index contributed by atoms with van der Waals surface area (Å²) in [5.74, 6) is 2.15. The Morgan fingerprint density at radius 3 is 2.65 bits per heavy atom. The van der Waals surface area contributed by atoms with Gasteiger partial charge in [0.25, 0.3) is 0 Å². The van der Waals surface area contributed by atoms with Gasteiger partial charge >= 0.3 is 0 Å². The van der Waals surface area contributed by atoms with Crippen LogP contribution >= 0.6 is 0 Å². The number of hydrogen-bond donors (Lipinski definition) is 1. The zero-order valence-corrected chi connectivity index (χ0v) is 14.8. The first-order valence-corrected chi connectivity index (χ1v) is 8.89. The van der Waals surface area contributed by atoms with Gasteiger partial charge in [-0.15, -0.1) is 0 Å². The number of anilines is 1. The molecule has 1 N–H and O–H groups in total. The lowest BCUT2D eigenvalue weighted by molar-refractivity contribution is -0.117. The van der Waals surface area contributed by atoms with Crippen molar-refractivity contribution >= 4 is 11.6 Å². The van der Waals surface area contributed by atoms with E-state index in [4.69, 9.17) is 4.42 Å². The molecule has 5 nitrogen and oxygen atoms in total. The molecule has 2 atom stereocenters. The second-order valence-corrected chi connectivity index (χ2v) is 7.02. The van der Waals surface area contributed by atoms with Gasteiger partial charge in [-0.3, -0.25) is 9.78 Å². The molecule has 132 valence electrons. The van der Waals surface area contributed by atoms with Crippen molar-refractivity contribution in [3.63, 3.8) is 0 Å². The van der Waals surface area contributed by atoms with E-state index >= 15 is 0 Å². The zero-order chi connectivity index (χ0) is 18.1. The molecule has 1 aliphatic carbocycles. The van der Waals surface area contributed by atoms with Crippen LogP contribution in [0, 0.1) is 5.92 Å². The summed E-state index contributed by atoms with van der Waals surface area (Å²) < 4.78 is 5.76. The maximum absolute atomic E-state index is 12.4. The van der Waals surface area contributed by atoms with E-state index < -0.39 is 0 Å². The van der Waals surface area contributed by atoms with Crippen molar-refractivity contribution in [3.05, 3.63) is 66.3 Å². The standard InChI is InChI=1S/C21H21N3O2/c1-13(2)19-12-23-21(26-19)14-5-7-16(8-6-14)24-20(25)18-10-17(18)15-4-3-9-22-11-15/h3-9,11-13,17-18H,10H2,1-2H3,(H,24,25)/t17-,18+/m0/s1. The summed E-state index contributed by atoms with van der Waals surface area (Å²) in [5, 5.41) is 3.00. The van der Waals surface area contributed by atoms with Gasteiger partial charge in [0.15, 0.2) is 0 Å². The van der Waals surface area contributed by atoms with Gasteiger partial charge in [0.05, 0.1) is 6.20 Å². The van der Waals surface area contributed by atoms with E-state index in [1.807, 2.05) is 42.6 Å². The van der Waals surface area contributed by atoms with E-state index in [-0.39, 0.29) is 17.7 Å². The van der Waals surface area contributed by atoms with Gasteiger partial charge in [-0.25, -0.2) is 4.98 Å². The van der Waals surface area contributed by atoms with Gasteiger partial charge in [0, 0.05) is 35.5 Å². The second-order valence-electron chi connectivity index (χ2n) is 7.02. The third kappa shape index (κ3) is 3.38. The van der Waals surface area contributed by atoms with Gasteiger partial charge < -0.3 is 9.73 Å². The molecule has 5 heteroatoms. The van der Waals surface area contributed by atoms with Crippen LogP contribution in [0.2, 0.25) is 0 Å². The van der Waals surface area contributed by atoms with Crippen LogP contribution < -0.4 is 5.32 Å². The fourth-order valence-electron chi connectivity index (χ4n) is 3.07. The molecule has 1 amide bonds. The summed E-state index contributed by atoms with van der Waals surface area (Å²) in [6.07, 6.45) is 6.24. The van der Waals surface area contributed by atoms with Gasteiger partial charge in [-0.2, -0.15) is 0 Å². The predicted molar refractivity (Wildman–Crippen MR) is 99.7 cm³/mol. The predicted octanol–water partition coefficient (Wildman–Crippen LogP) is 4.60. The number of aromatic nitrogens is 2. The number of pyridine rings is 1. The highest BCUT2D eigenvalue weighted by Gasteiger charge is 2.44. The number of oxazole rings is 1. The quantitative estimate of drug-likeness (QED) is 0.732. The van der Waals surface area contributed by atoms with Gasteiger partial charge in [-0.1, -0.05) is 19.9 Å². The molecule has 1 aromatic carbocycles. The summed E-state index contributed by atoms with van der Waals surface area (Å²) in [6.45, 7) is 4.14. The van der Waals surface area contributed by atoms with E-state index in [0.29, 0.717) is 11.8 Å². The number of nitrogens with one attached hydrogen (secondary N) is 1. The molecule has 2 aromatic heterocycles. The normalized spacial score (nSPS) is 18.7. The number of carbonyl (C=O) groups is 1. The molecule has 0 unspecified atom stereocenters. The van der Waals surface area contributed by atoms with Crippen molar-refractivity contribution in [2.75, 3.05) is 5.32 Å². The molecule has 1 aliphatic rings. The molecule has 1 saturated carbocycles. The molecule has 0 bridgehead atoms. The highest BCUT2D eigenvalue weighted by Crippen LogP contribution is 2.47. The van der Waals surface area contributed by atoms with Crippen molar-refractivity contribution in [2.24, 2.45) is 5.92 Å². The van der Waals surface area contributed by atoms with Crippen LogP contribution in [0.5, 0.6) is 0 Å². The lowest BCUT2D eigenvalue weighted by Gasteiger charge is -2.06. The summed E-state index contributed by atoms with van der Waals surface area (Å²) in [7, 11) is 0. The van der Waals surface area contributed by atoms with Crippen LogP contribution in [-0.2, 0) is 4.79 Å². The highest BCUT2D eigenvalue weighted by atomic mass is 16.4. The molecule has 4 rings (SSSR count). The van der Waals surface area contributed by atoms with Crippen molar-refractivity contribution in [1.29, 1.82) is 0 Å². The maximum Gasteiger partial charge on any atom is 0.228 e. The number of carbonyl (C=O) groups excluding carboxylic acids is 1. The van der Waals surface area contributed by atoms with E-state index in [1.54, 1.807) is 12.4 Å². The van der Waals surface area contributed by atoms with Crippen LogP contribution in [0.25, 0.3) is 11.5 Å². The van der Waals surface area contributed by atoms with E-state index in [9.17, 15) is 4.79 Å². The summed E-state index contributed by atoms with van der Waals surface area (Å²) in [5.41, 5.74) is 2.81. The minimum atomic E-state index is 0.0271. The molecule has 2 heterocycles. The van der Waals surface area contributed by atoms with E-state index in [1.165, 1.54) is 0 Å². The molecule has 1 fully saturated rings. The Bertz CT molecular complexity index is 901. The molecule has 26 heavy (non-hydrogen) atoms. The average Bonchev–Trinajstić information content (AvgIpc) is 3.31. The summed E-state index contributed by atoms with van der Waals surface area (Å²) >= 11 is 0. The van der Waals surface area contributed by atoms with Gasteiger partial charge in [0.2, 0.25) is 11.8 Å². The topological polar surface area (TPSA) is 68.0 Å². The molecular formula is C21H21N3O2. The minimum Gasteiger partial charge on any atom is -0.441 e. The average molecular weight is 347 g/mol. The van der Waals surface area contributed by atoms with Gasteiger partial charge in [-0.05, 0) is 48.2 Å². The third-order valence-electron chi connectivity index (χ3n) is 4.73. The number of amides is 1. The number of rotatable bonds is 5. The monoisotopic (exact) mass is 347 g/mol. The Morgan fingerprint density at radius 1 is 1.19 bits per heavy atom. The minimum absolute atomic E-state index is 0.0271. The van der Waals surface area contributed by atoms with Crippen LogP contribution in [0.1, 0.15) is 43.4 Å². The Balaban J connectivity index is 1.39. The maximum atomic E-state index is 12.4. The lowest BCUT2D eigenvalue weighted by atomic mass is 10.1. The number of nitrogens with zero attached hydrogens (tertiary/aromatic N) is 2. The third-order valence-corrected chi connectivity index (χ3v) is 4.73. The molecule has 0 radical (unpaired) electrons. The van der Waals surface area contributed by atoms with Crippen LogP contribution in [-0.4, -0.2) is 15.9 Å². The van der Waals surface area contributed by atoms with E-state index in [2.05, 4.69) is 29.1 Å². The molecule has 3 aromatic rings. The fourth-order valence-corrected chi connectivity index (χ4v) is 3.07. The largest absolute Gasteiger partial charge is 0.441 e.